The Kier molecular flexibility index (Phi) is 5.84. The maximum absolute atomic E-state index is 10.8. The van der Waals surface area contributed by atoms with Gasteiger partial charge in [-0.1, -0.05) is 6.92 Å². The Labute approximate surface area is 67.7 Å². The molecule has 0 aliphatic rings. The standard InChI is InChI=1S/C8H16O3/c1-4-11-6-5-7(2)8(9)10-3/h7H,4-6H2,1-3H3. The molecule has 0 amide bonds. The van der Waals surface area contributed by atoms with Crippen molar-refractivity contribution in [2.75, 3.05) is 20.3 Å². The van der Waals surface area contributed by atoms with Crippen LogP contribution < -0.4 is 0 Å². The number of esters is 1. The van der Waals surface area contributed by atoms with Crippen molar-refractivity contribution in [3.05, 3.63) is 0 Å². The van der Waals surface area contributed by atoms with Crippen LogP contribution in [0.1, 0.15) is 20.3 Å². The maximum atomic E-state index is 10.8. The molecule has 0 aromatic heterocycles. The molecule has 3 heteroatoms. The lowest BCUT2D eigenvalue weighted by Crippen LogP contribution is -2.14. The van der Waals surface area contributed by atoms with E-state index in [0.717, 1.165) is 6.42 Å². The van der Waals surface area contributed by atoms with Gasteiger partial charge in [0.2, 0.25) is 0 Å². The highest BCUT2D eigenvalue weighted by atomic mass is 16.5. The lowest BCUT2D eigenvalue weighted by atomic mass is 10.1. The highest BCUT2D eigenvalue weighted by Crippen LogP contribution is 2.03. The minimum atomic E-state index is -0.162. The first-order valence-electron chi connectivity index (χ1n) is 3.88. The smallest absolute Gasteiger partial charge is 0.308 e. The summed E-state index contributed by atoms with van der Waals surface area (Å²) in [6, 6.07) is 0. The van der Waals surface area contributed by atoms with Crippen LogP contribution in [0.3, 0.4) is 0 Å². The highest BCUT2D eigenvalue weighted by molar-refractivity contribution is 5.71. The van der Waals surface area contributed by atoms with Gasteiger partial charge in [-0.15, -0.1) is 0 Å². The first-order valence-corrected chi connectivity index (χ1v) is 3.88. The summed E-state index contributed by atoms with van der Waals surface area (Å²) in [6.45, 7) is 5.11. The van der Waals surface area contributed by atoms with Crippen LogP contribution in [0.25, 0.3) is 0 Å². The first kappa shape index (κ1) is 10.4. The number of ether oxygens (including phenoxy) is 2. The van der Waals surface area contributed by atoms with Crippen LogP contribution in [0.5, 0.6) is 0 Å². The average molecular weight is 160 g/mol. The van der Waals surface area contributed by atoms with Gasteiger partial charge in [0.1, 0.15) is 0 Å². The predicted octanol–water partition coefficient (Wildman–Crippen LogP) is 1.22. The third-order valence-electron chi connectivity index (χ3n) is 1.50. The molecular formula is C8H16O3. The zero-order chi connectivity index (χ0) is 8.69. The largest absolute Gasteiger partial charge is 0.469 e. The van der Waals surface area contributed by atoms with Crippen molar-refractivity contribution in [1.82, 2.24) is 0 Å². The van der Waals surface area contributed by atoms with Crippen molar-refractivity contribution >= 4 is 5.97 Å². The van der Waals surface area contributed by atoms with Gasteiger partial charge >= 0.3 is 5.97 Å². The molecule has 1 atom stereocenters. The molecule has 0 aromatic rings. The SMILES string of the molecule is CCOCCC(C)C(=O)OC. The summed E-state index contributed by atoms with van der Waals surface area (Å²) < 4.78 is 9.64. The van der Waals surface area contributed by atoms with E-state index in [4.69, 9.17) is 4.74 Å². The molecule has 0 bridgehead atoms. The van der Waals surface area contributed by atoms with Gasteiger partial charge in [-0.3, -0.25) is 4.79 Å². The van der Waals surface area contributed by atoms with Crippen LogP contribution in [0.4, 0.5) is 0 Å². The van der Waals surface area contributed by atoms with Crippen molar-refractivity contribution in [1.29, 1.82) is 0 Å². The fourth-order valence-electron chi connectivity index (χ4n) is 0.723. The van der Waals surface area contributed by atoms with E-state index in [2.05, 4.69) is 4.74 Å². The second kappa shape index (κ2) is 6.16. The van der Waals surface area contributed by atoms with E-state index in [0.29, 0.717) is 13.2 Å². The van der Waals surface area contributed by atoms with Crippen LogP contribution >= 0.6 is 0 Å². The highest BCUT2D eigenvalue weighted by Gasteiger charge is 2.11. The van der Waals surface area contributed by atoms with Crippen molar-refractivity contribution < 1.29 is 14.3 Å². The number of carbonyl (C=O) groups is 1. The number of hydrogen-bond donors (Lipinski definition) is 0. The summed E-state index contributed by atoms with van der Waals surface area (Å²) >= 11 is 0. The van der Waals surface area contributed by atoms with Crippen LogP contribution in [0.15, 0.2) is 0 Å². The Bertz CT molecular complexity index is 112. The van der Waals surface area contributed by atoms with E-state index < -0.39 is 0 Å². The molecule has 0 aromatic carbocycles. The Morgan fingerprint density at radius 3 is 2.64 bits per heavy atom. The minimum absolute atomic E-state index is 0.0495. The van der Waals surface area contributed by atoms with E-state index >= 15 is 0 Å². The van der Waals surface area contributed by atoms with Gasteiger partial charge in [-0.25, -0.2) is 0 Å². The van der Waals surface area contributed by atoms with Crippen molar-refractivity contribution in [3.8, 4) is 0 Å². The average Bonchev–Trinajstić information content (AvgIpc) is 2.03. The lowest BCUT2D eigenvalue weighted by molar-refractivity contribution is -0.145. The summed E-state index contributed by atoms with van der Waals surface area (Å²) in [4.78, 5) is 10.8. The molecule has 11 heavy (non-hydrogen) atoms. The molecule has 0 spiro atoms. The van der Waals surface area contributed by atoms with Gasteiger partial charge in [0.15, 0.2) is 0 Å². The zero-order valence-corrected chi connectivity index (χ0v) is 7.42. The van der Waals surface area contributed by atoms with E-state index in [1.54, 1.807) is 0 Å². The molecule has 0 fully saturated rings. The maximum Gasteiger partial charge on any atom is 0.308 e. The summed E-state index contributed by atoms with van der Waals surface area (Å²) in [5, 5.41) is 0. The fraction of sp³-hybridized carbons (Fsp3) is 0.875. The lowest BCUT2D eigenvalue weighted by Gasteiger charge is -2.07. The second-order valence-electron chi connectivity index (χ2n) is 2.41. The van der Waals surface area contributed by atoms with Crippen molar-refractivity contribution in [2.45, 2.75) is 20.3 Å². The topological polar surface area (TPSA) is 35.5 Å². The molecule has 0 N–H and O–H groups in total. The quantitative estimate of drug-likeness (QED) is 0.448. The van der Waals surface area contributed by atoms with Gasteiger partial charge in [0.25, 0.3) is 0 Å². The summed E-state index contributed by atoms with van der Waals surface area (Å²) in [6.07, 6.45) is 0.737. The molecule has 66 valence electrons. The van der Waals surface area contributed by atoms with Gasteiger partial charge in [0.05, 0.1) is 13.0 Å². The van der Waals surface area contributed by atoms with E-state index in [1.165, 1.54) is 7.11 Å². The third-order valence-corrected chi connectivity index (χ3v) is 1.50. The van der Waals surface area contributed by atoms with Gasteiger partial charge in [-0.05, 0) is 13.3 Å². The molecular weight excluding hydrogens is 144 g/mol. The van der Waals surface area contributed by atoms with Crippen LogP contribution in [-0.4, -0.2) is 26.3 Å². The normalized spacial score (nSPS) is 12.6. The van der Waals surface area contributed by atoms with Gasteiger partial charge in [-0.2, -0.15) is 0 Å². The van der Waals surface area contributed by atoms with Crippen molar-refractivity contribution in [3.63, 3.8) is 0 Å². The Hall–Kier alpha value is -0.570. The van der Waals surface area contributed by atoms with E-state index in [9.17, 15) is 4.79 Å². The van der Waals surface area contributed by atoms with E-state index in [-0.39, 0.29) is 11.9 Å². The number of carbonyl (C=O) groups excluding carboxylic acids is 1. The molecule has 0 heterocycles. The molecule has 0 rings (SSSR count). The molecule has 0 saturated heterocycles. The Balaban J connectivity index is 3.36. The predicted molar refractivity (Wildman–Crippen MR) is 42.3 cm³/mol. The van der Waals surface area contributed by atoms with Crippen LogP contribution in [0.2, 0.25) is 0 Å². The second-order valence-corrected chi connectivity index (χ2v) is 2.41. The zero-order valence-electron chi connectivity index (χ0n) is 7.42. The number of hydrogen-bond acceptors (Lipinski definition) is 3. The Morgan fingerprint density at radius 1 is 1.55 bits per heavy atom. The number of methoxy groups -OCH3 is 1. The monoisotopic (exact) mass is 160 g/mol. The molecule has 3 nitrogen and oxygen atoms in total. The fourth-order valence-corrected chi connectivity index (χ4v) is 0.723. The molecule has 0 saturated carbocycles. The third kappa shape index (κ3) is 4.79. The number of rotatable bonds is 5. The van der Waals surface area contributed by atoms with E-state index in [1.807, 2.05) is 13.8 Å². The summed E-state index contributed by atoms with van der Waals surface area (Å²) in [7, 11) is 1.40. The molecule has 1 unspecified atom stereocenters. The van der Waals surface area contributed by atoms with Gasteiger partial charge < -0.3 is 9.47 Å². The Morgan fingerprint density at radius 2 is 2.18 bits per heavy atom. The van der Waals surface area contributed by atoms with Crippen LogP contribution in [-0.2, 0) is 14.3 Å². The summed E-state index contributed by atoms with van der Waals surface area (Å²) in [5.41, 5.74) is 0. The molecule has 0 radical (unpaired) electrons. The van der Waals surface area contributed by atoms with Crippen molar-refractivity contribution in [2.24, 2.45) is 5.92 Å². The van der Waals surface area contributed by atoms with Crippen LogP contribution in [0, 0.1) is 5.92 Å². The summed E-state index contributed by atoms with van der Waals surface area (Å²) in [5.74, 6) is -0.212. The van der Waals surface area contributed by atoms with Gasteiger partial charge in [0, 0.05) is 13.2 Å². The first-order chi connectivity index (χ1) is 5.22. The molecule has 0 aliphatic heterocycles. The minimum Gasteiger partial charge on any atom is -0.469 e. The molecule has 0 aliphatic carbocycles.